The summed E-state index contributed by atoms with van der Waals surface area (Å²) < 4.78 is 4.19. The van der Waals surface area contributed by atoms with E-state index in [-0.39, 0.29) is 0 Å². The number of aryl methyl sites for hydroxylation is 3. The van der Waals surface area contributed by atoms with Crippen LogP contribution in [0.25, 0.3) is 22.2 Å². The Kier molecular flexibility index (Phi) is 4.86. The maximum atomic E-state index is 5.02. The van der Waals surface area contributed by atoms with Crippen LogP contribution in [-0.4, -0.2) is 24.3 Å². The molecule has 0 atom stereocenters. The fraction of sp³-hybridized carbons (Fsp3) is 0.192. The Bertz CT molecular complexity index is 1360. The van der Waals surface area contributed by atoms with E-state index < -0.39 is 0 Å². The highest BCUT2D eigenvalue weighted by molar-refractivity contribution is 5.82. The fourth-order valence-electron chi connectivity index (χ4n) is 4.06. The van der Waals surface area contributed by atoms with Crippen LogP contribution in [0.1, 0.15) is 28.1 Å². The third kappa shape index (κ3) is 3.87. The molecule has 31 heavy (non-hydrogen) atoms. The van der Waals surface area contributed by atoms with Crippen LogP contribution >= 0.6 is 0 Å². The van der Waals surface area contributed by atoms with E-state index in [0.29, 0.717) is 0 Å². The van der Waals surface area contributed by atoms with E-state index in [0.717, 1.165) is 41.0 Å². The van der Waals surface area contributed by atoms with Gasteiger partial charge in [0.05, 0.1) is 17.2 Å². The van der Waals surface area contributed by atoms with E-state index >= 15 is 0 Å². The molecule has 0 spiro atoms. The largest absolute Gasteiger partial charge is 0.323 e. The molecule has 0 saturated heterocycles. The van der Waals surface area contributed by atoms with Gasteiger partial charge in [-0.2, -0.15) is 5.10 Å². The molecular formula is C26H25N5. The van der Waals surface area contributed by atoms with E-state index in [9.17, 15) is 0 Å². The highest BCUT2D eigenvalue weighted by atomic mass is 15.2. The Morgan fingerprint density at radius 1 is 0.903 bits per heavy atom. The van der Waals surface area contributed by atoms with E-state index in [1.165, 1.54) is 22.3 Å². The van der Waals surface area contributed by atoms with Gasteiger partial charge in [0.2, 0.25) is 0 Å². The molecule has 0 amide bonds. The van der Waals surface area contributed by atoms with Crippen molar-refractivity contribution in [2.24, 2.45) is 7.05 Å². The van der Waals surface area contributed by atoms with Gasteiger partial charge in [0.1, 0.15) is 5.82 Å². The second-order valence-electron chi connectivity index (χ2n) is 8.18. The SMILES string of the molecule is Cc1ccc(C)c(Cn2c(Cc3ccncc3)nc3ccc(-c4cnn(C)c4)cc32)c1. The number of aromatic nitrogens is 5. The van der Waals surface area contributed by atoms with Gasteiger partial charge in [0, 0.05) is 44.2 Å². The van der Waals surface area contributed by atoms with Crippen LogP contribution in [0.5, 0.6) is 0 Å². The van der Waals surface area contributed by atoms with Crippen LogP contribution in [0, 0.1) is 13.8 Å². The average Bonchev–Trinajstić information content (AvgIpc) is 3.35. The van der Waals surface area contributed by atoms with Gasteiger partial charge in [-0.3, -0.25) is 9.67 Å². The molecule has 3 heterocycles. The fourth-order valence-corrected chi connectivity index (χ4v) is 4.06. The van der Waals surface area contributed by atoms with Crippen molar-refractivity contribution in [2.45, 2.75) is 26.8 Å². The molecule has 0 aliphatic carbocycles. The molecule has 0 aliphatic rings. The van der Waals surface area contributed by atoms with E-state index in [1.54, 1.807) is 0 Å². The Balaban J connectivity index is 1.65. The normalized spacial score (nSPS) is 11.3. The minimum absolute atomic E-state index is 0.768. The number of hydrogen-bond donors (Lipinski definition) is 0. The lowest BCUT2D eigenvalue weighted by Gasteiger charge is -2.13. The van der Waals surface area contributed by atoms with Crippen molar-refractivity contribution in [1.29, 1.82) is 0 Å². The van der Waals surface area contributed by atoms with Crippen LogP contribution in [0.3, 0.4) is 0 Å². The molecule has 0 N–H and O–H groups in total. The van der Waals surface area contributed by atoms with Gasteiger partial charge in [-0.05, 0) is 60.4 Å². The van der Waals surface area contributed by atoms with Crippen LogP contribution in [0.4, 0.5) is 0 Å². The highest BCUT2D eigenvalue weighted by Crippen LogP contribution is 2.27. The summed E-state index contributed by atoms with van der Waals surface area (Å²) in [5.41, 5.74) is 9.52. The van der Waals surface area contributed by atoms with E-state index in [4.69, 9.17) is 4.98 Å². The first-order valence-corrected chi connectivity index (χ1v) is 10.5. The number of imidazole rings is 1. The average molecular weight is 408 g/mol. The van der Waals surface area contributed by atoms with Crippen molar-refractivity contribution in [3.8, 4) is 11.1 Å². The smallest absolute Gasteiger partial charge is 0.114 e. The molecule has 0 bridgehead atoms. The monoisotopic (exact) mass is 407 g/mol. The maximum Gasteiger partial charge on any atom is 0.114 e. The number of fused-ring (bicyclic) bond motifs is 1. The first kappa shape index (κ1) is 19.2. The van der Waals surface area contributed by atoms with Crippen molar-refractivity contribution in [3.63, 3.8) is 0 Å². The van der Waals surface area contributed by atoms with Crippen molar-refractivity contribution in [1.82, 2.24) is 24.3 Å². The predicted octanol–water partition coefficient (Wildman–Crippen LogP) is 5.09. The lowest BCUT2D eigenvalue weighted by Crippen LogP contribution is -2.07. The van der Waals surface area contributed by atoms with Crippen molar-refractivity contribution >= 4 is 11.0 Å². The van der Waals surface area contributed by atoms with Gasteiger partial charge in [-0.15, -0.1) is 0 Å². The quantitative estimate of drug-likeness (QED) is 0.408. The molecule has 0 aliphatic heterocycles. The van der Waals surface area contributed by atoms with Gasteiger partial charge >= 0.3 is 0 Å². The minimum atomic E-state index is 0.768. The first-order chi connectivity index (χ1) is 15.1. The molecule has 3 aromatic heterocycles. The molecule has 0 unspecified atom stereocenters. The Morgan fingerprint density at radius 3 is 2.52 bits per heavy atom. The molecule has 5 heteroatoms. The molecule has 0 radical (unpaired) electrons. The zero-order valence-corrected chi connectivity index (χ0v) is 18.1. The van der Waals surface area contributed by atoms with E-state index in [1.807, 2.05) is 36.5 Å². The second kappa shape index (κ2) is 7.84. The van der Waals surface area contributed by atoms with E-state index in [2.05, 4.69) is 77.0 Å². The molecule has 5 nitrogen and oxygen atoms in total. The predicted molar refractivity (Wildman–Crippen MR) is 124 cm³/mol. The lowest BCUT2D eigenvalue weighted by atomic mass is 10.0. The summed E-state index contributed by atoms with van der Waals surface area (Å²) in [7, 11) is 1.94. The zero-order chi connectivity index (χ0) is 21.4. The third-order valence-electron chi connectivity index (χ3n) is 5.81. The lowest BCUT2D eigenvalue weighted by molar-refractivity contribution is 0.758. The first-order valence-electron chi connectivity index (χ1n) is 10.5. The highest BCUT2D eigenvalue weighted by Gasteiger charge is 2.14. The second-order valence-corrected chi connectivity index (χ2v) is 8.18. The minimum Gasteiger partial charge on any atom is -0.323 e. The zero-order valence-electron chi connectivity index (χ0n) is 18.1. The third-order valence-corrected chi connectivity index (χ3v) is 5.81. The molecule has 2 aromatic carbocycles. The van der Waals surface area contributed by atoms with Gasteiger partial charge in [-0.25, -0.2) is 4.98 Å². The number of nitrogens with zero attached hydrogens (tertiary/aromatic N) is 5. The number of benzene rings is 2. The van der Waals surface area contributed by atoms with Gasteiger partial charge in [0.25, 0.3) is 0 Å². The molecule has 5 aromatic rings. The summed E-state index contributed by atoms with van der Waals surface area (Å²) >= 11 is 0. The summed E-state index contributed by atoms with van der Waals surface area (Å²) in [4.78, 5) is 9.17. The number of pyridine rings is 1. The standard InChI is InChI=1S/C26H25N5/c1-18-4-5-19(2)22(12-18)17-31-25-14-21(23-15-28-30(3)16-23)6-7-24(25)29-26(31)13-20-8-10-27-11-9-20/h4-12,14-16H,13,17H2,1-3H3. The number of rotatable bonds is 5. The molecule has 0 saturated carbocycles. The van der Waals surface area contributed by atoms with Crippen LogP contribution in [0.15, 0.2) is 73.3 Å². The van der Waals surface area contributed by atoms with Crippen LogP contribution < -0.4 is 0 Å². The van der Waals surface area contributed by atoms with Gasteiger partial charge in [0.15, 0.2) is 0 Å². The summed E-state index contributed by atoms with van der Waals surface area (Å²) in [6, 6.07) is 17.3. The maximum absolute atomic E-state index is 5.02. The van der Waals surface area contributed by atoms with Gasteiger partial charge in [-0.1, -0.05) is 29.8 Å². The molecule has 5 rings (SSSR count). The van der Waals surface area contributed by atoms with Gasteiger partial charge < -0.3 is 4.57 Å². The Hall–Kier alpha value is -3.73. The van der Waals surface area contributed by atoms with Crippen molar-refractivity contribution in [3.05, 3.63) is 101 Å². The number of hydrogen-bond acceptors (Lipinski definition) is 3. The summed E-state index contributed by atoms with van der Waals surface area (Å²) in [5.74, 6) is 1.06. The van der Waals surface area contributed by atoms with Crippen LogP contribution in [-0.2, 0) is 20.0 Å². The molecule has 154 valence electrons. The summed E-state index contributed by atoms with van der Waals surface area (Å²) in [6.07, 6.45) is 8.40. The van der Waals surface area contributed by atoms with Crippen molar-refractivity contribution < 1.29 is 0 Å². The Labute approximate surface area is 182 Å². The molecular weight excluding hydrogens is 382 g/mol. The van der Waals surface area contributed by atoms with Crippen molar-refractivity contribution in [2.75, 3.05) is 0 Å². The van der Waals surface area contributed by atoms with Crippen LogP contribution in [0.2, 0.25) is 0 Å². The Morgan fingerprint density at radius 2 is 1.74 bits per heavy atom. The summed E-state index contributed by atoms with van der Waals surface area (Å²) in [6.45, 7) is 5.12. The molecule has 0 fully saturated rings. The summed E-state index contributed by atoms with van der Waals surface area (Å²) in [5, 5.41) is 4.33. The topological polar surface area (TPSA) is 48.5 Å².